The second-order valence-electron chi connectivity index (χ2n) is 6.68. The maximum atomic E-state index is 13.5. The van der Waals surface area contributed by atoms with Crippen LogP contribution < -0.4 is 14.8 Å². The average molecular weight is 438 g/mol. The summed E-state index contributed by atoms with van der Waals surface area (Å²) in [6, 6.07) is 7.53. The van der Waals surface area contributed by atoms with Crippen LogP contribution in [0.2, 0.25) is 0 Å². The number of amides is 1. The van der Waals surface area contributed by atoms with Crippen molar-refractivity contribution in [1.29, 1.82) is 0 Å². The number of alkyl halides is 4. The van der Waals surface area contributed by atoms with Crippen LogP contribution in [0.5, 0.6) is 11.5 Å². The van der Waals surface area contributed by atoms with Crippen LogP contribution >= 0.6 is 0 Å². The number of halogens is 4. The van der Waals surface area contributed by atoms with E-state index in [0.29, 0.717) is 17.8 Å². The van der Waals surface area contributed by atoms with E-state index in [4.69, 9.17) is 4.74 Å². The van der Waals surface area contributed by atoms with Gasteiger partial charge < -0.3 is 14.8 Å². The molecule has 0 radical (unpaired) electrons. The van der Waals surface area contributed by atoms with E-state index in [1.165, 1.54) is 24.3 Å². The van der Waals surface area contributed by atoms with Crippen molar-refractivity contribution < 1.29 is 31.8 Å². The topological polar surface area (TPSA) is 60.5 Å². The molecule has 0 saturated carbocycles. The molecule has 1 aromatic carbocycles. The Hall–Kier alpha value is -3.36. The Morgan fingerprint density at radius 1 is 1.19 bits per heavy atom. The zero-order chi connectivity index (χ0) is 23.2. The molecular weight excluding hydrogens is 416 g/mol. The average Bonchev–Trinajstić information content (AvgIpc) is 2.72. The molecule has 1 unspecified atom stereocenters. The molecule has 1 amide bonds. The molecule has 2 aromatic rings. The second kappa shape index (κ2) is 9.63. The number of benzene rings is 1. The number of rotatable bonds is 10. The first-order valence-electron chi connectivity index (χ1n) is 9.19. The quantitative estimate of drug-likeness (QED) is 0.407. The van der Waals surface area contributed by atoms with Gasteiger partial charge in [-0.1, -0.05) is 19.2 Å². The van der Waals surface area contributed by atoms with Crippen LogP contribution in [0, 0.1) is 6.92 Å². The third kappa shape index (κ3) is 6.84. The predicted molar refractivity (Wildman–Crippen MR) is 108 cm³/mol. The van der Waals surface area contributed by atoms with Gasteiger partial charge in [-0.25, -0.2) is 0 Å². The van der Waals surface area contributed by atoms with Gasteiger partial charge in [0.1, 0.15) is 17.2 Å². The molecule has 2 rings (SSSR count). The number of pyridine rings is 1. The van der Waals surface area contributed by atoms with Crippen molar-refractivity contribution in [2.24, 2.45) is 0 Å². The van der Waals surface area contributed by atoms with E-state index in [-0.39, 0.29) is 22.8 Å². The molecule has 0 bridgehead atoms. The number of aromatic nitrogens is 1. The fourth-order valence-electron chi connectivity index (χ4n) is 2.48. The van der Waals surface area contributed by atoms with E-state index in [2.05, 4.69) is 28.2 Å². The van der Waals surface area contributed by atoms with Crippen LogP contribution in [-0.4, -0.2) is 29.5 Å². The smallest absolute Gasteiger partial charge is 0.419 e. The minimum atomic E-state index is -3.59. The van der Waals surface area contributed by atoms with Gasteiger partial charge in [-0.15, -0.1) is 0 Å². The molecule has 0 saturated heterocycles. The maximum absolute atomic E-state index is 13.5. The lowest BCUT2D eigenvalue weighted by molar-refractivity contribution is -0.131. The molecule has 1 N–H and O–H groups in total. The lowest BCUT2D eigenvalue weighted by Gasteiger charge is -2.20. The monoisotopic (exact) mass is 438 g/mol. The summed E-state index contributed by atoms with van der Waals surface area (Å²) in [7, 11) is 0. The summed E-state index contributed by atoms with van der Waals surface area (Å²) in [6.07, 6.45) is -2.78. The summed E-state index contributed by atoms with van der Waals surface area (Å²) in [6.45, 7) is 8.39. The summed E-state index contributed by atoms with van der Waals surface area (Å²) in [5, 5.41) is 2.64. The van der Waals surface area contributed by atoms with Gasteiger partial charge in [-0.3, -0.25) is 9.78 Å². The van der Waals surface area contributed by atoms with Crippen molar-refractivity contribution in [2.75, 3.05) is 6.61 Å². The van der Waals surface area contributed by atoms with Crippen molar-refractivity contribution in [3.63, 3.8) is 0 Å². The van der Waals surface area contributed by atoms with Gasteiger partial charge in [0.05, 0.1) is 6.04 Å². The molecule has 1 atom stereocenters. The number of nitrogens with zero attached hydrogens (tertiary/aromatic N) is 1. The molecule has 0 aliphatic carbocycles. The Morgan fingerprint density at radius 2 is 1.90 bits per heavy atom. The van der Waals surface area contributed by atoms with E-state index >= 15 is 0 Å². The summed E-state index contributed by atoms with van der Waals surface area (Å²) in [5.74, 6) is -3.99. The normalized spacial score (nSPS) is 12.6. The van der Waals surface area contributed by atoms with Gasteiger partial charge in [0.15, 0.2) is 6.61 Å². The molecule has 0 fully saturated rings. The van der Waals surface area contributed by atoms with Gasteiger partial charge in [0.2, 0.25) is 0 Å². The van der Waals surface area contributed by atoms with E-state index < -0.39 is 30.6 Å². The SMILES string of the molecule is C=CC(F)(F)COc1ccc(C)nc1C(C)NC(=O)c1cccc(OC(F)(F)C=C)c1. The third-order valence-electron chi connectivity index (χ3n) is 4.09. The number of hydrogen-bond acceptors (Lipinski definition) is 4. The molecule has 166 valence electrons. The summed E-state index contributed by atoms with van der Waals surface area (Å²) < 4.78 is 63.3. The lowest BCUT2D eigenvalue weighted by Crippen LogP contribution is -2.29. The van der Waals surface area contributed by atoms with Crippen LogP contribution in [0.3, 0.4) is 0 Å². The van der Waals surface area contributed by atoms with Gasteiger partial charge in [0.25, 0.3) is 11.8 Å². The summed E-state index contributed by atoms with van der Waals surface area (Å²) >= 11 is 0. The minimum Gasteiger partial charge on any atom is -0.485 e. The standard InChI is InChI=1S/C22H22F4N2O3/c1-5-21(23,24)13-30-18-11-10-14(3)27-19(18)15(4)28-20(29)16-8-7-9-17(12-16)31-22(25,26)6-2/h5-12,15H,1-2,13H2,3-4H3,(H,28,29). The van der Waals surface area contributed by atoms with Crippen LogP contribution in [-0.2, 0) is 0 Å². The number of aryl methyl sites for hydroxylation is 1. The molecule has 5 nitrogen and oxygen atoms in total. The van der Waals surface area contributed by atoms with E-state index in [1.807, 2.05) is 0 Å². The van der Waals surface area contributed by atoms with Gasteiger partial charge >= 0.3 is 6.11 Å². The fraction of sp³-hybridized carbons (Fsp3) is 0.273. The predicted octanol–water partition coefficient (Wildman–Crippen LogP) is 5.24. The van der Waals surface area contributed by atoms with E-state index in [0.717, 1.165) is 6.07 Å². The molecule has 31 heavy (non-hydrogen) atoms. The van der Waals surface area contributed by atoms with Crippen molar-refractivity contribution >= 4 is 5.91 Å². The molecular formula is C22H22F4N2O3. The maximum Gasteiger partial charge on any atom is 0.419 e. The Balaban J connectivity index is 2.19. The highest BCUT2D eigenvalue weighted by Crippen LogP contribution is 2.27. The van der Waals surface area contributed by atoms with Crippen LogP contribution in [0.1, 0.15) is 34.7 Å². The third-order valence-corrected chi connectivity index (χ3v) is 4.09. The van der Waals surface area contributed by atoms with Gasteiger partial charge in [-0.2, -0.15) is 17.6 Å². The Kier molecular flexibility index (Phi) is 7.43. The first kappa shape index (κ1) is 23.9. The number of carbonyl (C=O) groups excluding carboxylic acids is 1. The van der Waals surface area contributed by atoms with Crippen LogP contribution in [0.25, 0.3) is 0 Å². The number of ether oxygens (including phenoxy) is 2. The molecule has 0 aliphatic rings. The summed E-state index contributed by atoms with van der Waals surface area (Å²) in [5.41, 5.74) is 0.873. The largest absolute Gasteiger partial charge is 0.485 e. The van der Waals surface area contributed by atoms with Crippen molar-refractivity contribution in [3.05, 3.63) is 78.7 Å². The first-order chi connectivity index (χ1) is 14.5. The second-order valence-corrected chi connectivity index (χ2v) is 6.68. The van der Waals surface area contributed by atoms with Gasteiger partial charge in [0, 0.05) is 17.3 Å². The molecule has 0 aliphatic heterocycles. The molecule has 1 aromatic heterocycles. The van der Waals surface area contributed by atoms with E-state index in [9.17, 15) is 22.4 Å². The molecule has 9 heteroatoms. The molecule has 0 spiro atoms. The highest BCUT2D eigenvalue weighted by molar-refractivity contribution is 5.94. The number of carbonyl (C=O) groups is 1. The first-order valence-corrected chi connectivity index (χ1v) is 9.19. The Bertz CT molecular complexity index is 964. The fourth-order valence-corrected chi connectivity index (χ4v) is 2.48. The Morgan fingerprint density at radius 3 is 2.55 bits per heavy atom. The van der Waals surface area contributed by atoms with Crippen molar-refractivity contribution in [1.82, 2.24) is 10.3 Å². The highest BCUT2D eigenvalue weighted by atomic mass is 19.3. The van der Waals surface area contributed by atoms with Crippen LogP contribution in [0.15, 0.2) is 61.7 Å². The Labute approximate surface area is 177 Å². The van der Waals surface area contributed by atoms with Crippen LogP contribution in [0.4, 0.5) is 17.6 Å². The van der Waals surface area contributed by atoms with Gasteiger partial charge in [-0.05, 0) is 50.3 Å². The number of hydrogen-bond donors (Lipinski definition) is 1. The zero-order valence-corrected chi connectivity index (χ0v) is 17.0. The zero-order valence-electron chi connectivity index (χ0n) is 17.0. The number of nitrogens with one attached hydrogen (secondary N) is 1. The van der Waals surface area contributed by atoms with Crippen molar-refractivity contribution in [3.8, 4) is 11.5 Å². The lowest BCUT2D eigenvalue weighted by atomic mass is 10.1. The minimum absolute atomic E-state index is 0.0533. The summed E-state index contributed by atoms with van der Waals surface area (Å²) in [4.78, 5) is 16.9. The molecule has 1 heterocycles. The van der Waals surface area contributed by atoms with E-state index in [1.54, 1.807) is 19.9 Å². The highest BCUT2D eigenvalue weighted by Gasteiger charge is 2.28. The van der Waals surface area contributed by atoms with Crippen molar-refractivity contribution in [2.45, 2.75) is 31.9 Å².